The molecule has 6 heteroatoms. The van der Waals surface area contributed by atoms with Crippen molar-refractivity contribution < 1.29 is 17.6 Å². The van der Waals surface area contributed by atoms with E-state index in [-0.39, 0.29) is 9.50 Å². The molecule has 13 heavy (non-hydrogen) atoms. The summed E-state index contributed by atoms with van der Waals surface area (Å²) in [5.41, 5.74) is -1.37. The van der Waals surface area contributed by atoms with Gasteiger partial charge in [0, 0.05) is 5.02 Å². The average molecular weight is 277 g/mol. The number of halogens is 6. The van der Waals surface area contributed by atoms with E-state index < -0.39 is 17.6 Å². The number of alkyl halides is 3. The quantitative estimate of drug-likeness (QED) is 0.491. The van der Waals surface area contributed by atoms with E-state index in [9.17, 15) is 17.6 Å². The first kappa shape index (κ1) is 10.8. The predicted octanol–water partition coefficient (Wildman–Crippen LogP) is 4.26. The Bertz CT molecular complexity index is 334. The van der Waals surface area contributed by atoms with Crippen molar-refractivity contribution in [1.29, 1.82) is 0 Å². The Hall–Kier alpha value is -0.290. The van der Waals surface area contributed by atoms with E-state index in [0.29, 0.717) is 6.07 Å². The molecule has 0 aromatic heterocycles. The Morgan fingerprint density at radius 2 is 1.77 bits per heavy atom. The minimum Gasteiger partial charge on any atom is -0.205 e. The zero-order valence-corrected chi connectivity index (χ0v) is 8.26. The van der Waals surface area contributed by atoms with Gasteiger partial charge in [0.25, 0.3) is 0 Å². The maximum atomic E-state index is 12.9. The summed E-state index contributed by atoms with van der Waals surface area (Å²) in [7, 11) is 0. The van der Waals surface area contributed by atoms with Gasteiger partial charge in [0.05, 0.1) is 10.0 Å². The van der Waals surface area contributed by atoms with E-state index in [0.717, 1.165) is 6.07 Å². The van der Waals surface area contributed by atoms with Crippen LogP contribution in [0.3, 0.4) is 0 Å². The lowest BCUT2D eigenvalue weighted by atomic mass is 10.2. The van der Waals surface area contributed by atoms with Crippen LogP contribution in [0.1, 0.15) is 5.56 Å². The second-order valence-corrected chi connectivity index (χ2v) is 3.54. The molecule has 0 radical (unpaired) electrons. The molecule has 0 saturated carbocycles. The molecule has 0 aliphatic rings. The van der Waals surface area contributed by atoms with E-state index in [1.807, 2.05) is 0 Å². The van der Waals surface area contributed by atoms with Crippen molar-refractivity contribution >= 4 is 27.5 Å². The van der Waals surface area contributed by atoms with Crippen LogP contribution < -0.4 is 0 Å². The summed E-state index contributed by atoms with van der Waals surface area (Å²) in [6.45, 7) is 0. The van der Waals surface area contributed by atoms with Gasteiger partial charge in [0.2, 0.25) is 0 Å². The summed E-state index contributed by atoms with van der Waals surface area (Å²) >= 11 is 7.96. The molecule has 0 atom stereocenters. The fourth-order valence-corrected chi connectivity index (χ4v) is 1.57. The second kappa shape index (κ2) is 3.46. The normalized spacial score (nSPS) is 11.8. The molecule has 1 aromatic rings. The van der Waals surface area contributed by atoms with Crippen molar-refractivity contribution in [3.63, 3.8) is 0 Å². The minimum atomic E-state index is -4.72. The predicted molar refractivity (Wildman–Crippen MR) is 44.1 cm³/mol. The van der Waals surface area contributed by atoms with Crippen LogP contribution in [-0.4, -0.2) is 0 Å². The Morgan fingerprint density at radius 3 is 2.23 bits per heavy atom. The highest BCUT2D eigenvalue weighted by Gasteiger charge is 2.35. The van der Waals surface area contributed by atoms with Crippen LogP contribution in [0.2, 0.25) is 5.02 Å². The highest BCUT2D eigenvalue weighted by atomic mass is 79.9. The molecule has 0 aliphatic carbocycles. The van der Waals surface area contributed by atoms with Crippen LogP contribution in [0.5, 0.6) is 0 Å². The zero-order valence-electron chi connectivity index (χ0n) is 5.92. The fourth-order valence-electron chi connectivity index (χ4n) is 0.762. The summed E-state index contributed by atoms with van der Waals surface area (Å²) in [5, 5.41) is -0.166. The molecule has 0 saturated heterocycles. The standard InChI is InChI=1S/C7H2BrClF4/c8-5-2-3(9)1-4(6(5)10)7(11,12)13/h1-2H. The van der Waals surface area contributed by atoms with Crippen LogP contribution in [0, 0.1) is 5.82 Å². The molecule has 0 spiro atoms. The summed E-state index contributed by atoms with van der Waals surface area (Å²) in [5.74, 6) is -1.35. The van der Waals surface area contributed by atoms with Gasteiger partial charge in [-0.15, -0.1) is 0 Å². The van der Waals surface area contributed by atoms with Crippen LogP contribution >= 0.6 is 27.5 Å². The minimum absolute atomic E-state index is 0.166. The third kappa shape index (κ3) is 2.34. The van der Waals surface area contributed by atoms with Gasteiger partial charge >= 0.3 is 6.18 Å². The van der Waals surface area contributed by atoms with Crippen LogP contribution in [0.25, 0.3) is 0 Å². The fraction of sp³-hybridized carbons (Fsp3) is 0.143. The molecule has 1 rings (SSSR count). The van der Waals surface area contributed by atoms with Gasteiger partial charge in [0.1, 0.15) is 5.82 Å². The summed E-state index contributed by atoms with van der Waals surface area (Å²) < 4.78 is 48.8. The van der Waals surface area contributed by atoms with Gasteiger partial charge in [-0.1, -0.05) is 11.6 Å². The lowest BCUT2D eigenvalue weighted by molar-refractivity contribution is -0.140. The summed E-state index contributed by atoms with van der Waals surface area (Å²) in [4.78, 5) is 0. The SMILES string of the molecule is Fc1c(Br)cc(Cl)cc1C(F)(F)F. The summed E-state index contributed by atoms with van der Waals surface area (Å²) in [6, 6.07) is 1.60. The molecular formula is C7H2BrClF4. The van der Waals surface area contributed by atoms with Gasteiger partial charge in [-0.05, 0) is 28.1 Å². The molecule has 1 aromatic carbocycles. The third-order valence-corrected chi connectivity index (χ3v) is 2.09. The summed E-state index contributed by atoms with van der Waals surface area (Å²) in [6.07, 6.45) is -4.72. The van der Waals surface area contributed by atoms with Crippen LogP contribution in [0.15, 0.2) is 16.6 Å². The second-order valence-electron chi connectivity index (χ2n) is 2.25. The van der Waals surface area contributed by atoms with Crippen molar-refractivity contribution in [3.05, 3.63) is 33.0 Å². The highest BCUT2D eigenvalue weighted by Crippen LogP contribution is 2.36. The Kier molecular flexibility index (Phi) is 2.87. The lowest BCUT2D eigenvalue weighted by Crippen LogP contribution is -2.08. The van der Waals surface area contributed by atoms with Crippen LogP contribution in [-0.2, 0) is 6.18 Å². The van der Waals surface area contributed by atoms with Gasteiger partial charge < -0.3 is 0 Å². The van der Waals surface area contributed by atoms with Crippen molar-refractivity contribution in [2.24, 2.45) is 0 Å². The smallest absolute Gasteiger partial charge is 0.205 e. The molecular weight excluding hydrogens is 275 g/mol. The van der Waals surface area contributed by atoms with E-state index in [1.54, 1.807) is 0 Å². The van der Waals surface area contributed by atoms with Gasteiger partial charge in [-0.3, -0.25) is 0 Å². The molecule has 0 unspecified atom stereocenters. The van der Waals surface area contributed by atoms with E-state index >= 15 is 0 Å². The van der Waals surface area contributed by atoms with Crippen molar-refractivity contribution in [3.8, 4) is 0 Å². The largest absolute Gasteiger partial charge is 0.419 e. The Balaban J connectivity index is 3.37. The maximum absolute atomic E-state index is 12.9. The molecule has 0 bridgehead atoms. The van der Waals surface area contributed by atoms with Gasteiger partial charge in [0.15, 0.2) is 0 Å². The van der Waals surface area contributed by atoms with Gasteiger partial charge in [-0.25, -0.2) is 4.39 Å². The molecule has 0 heterocycles. The first-order chi connectivity index (χ1) is 5.82. The van der Waals surface area contributed by atoms with E-state index in [1.165, 1.54) is 0 Å². The Labute approximate surface area is 84.6 Å². The first-order valence-electron chi connectivity index (χ1n) is 3.04. The maximum Gasteiger partial charge on any atom is 0.419 e. The first-order valence-corrected chi connectivity index (χ1v) is 4.21. The number of rotatable bonds is 0. The van der Waals surface area contributed by atoms with Crippen molar-refractivity contribution in [2.45, 2.75) is 6.18 Å². The average Bonchev–Trinajstić information content (AvgIpc) is 1.94. The monoisotopic (exact) mass is 276 g/mol. The molecule has 72 valence electrons. The van der Waals surface area contributed by atoms with Crippen molar-refractivity contribution in [2.75, 3.05) is 0 Å². The molecule has 0 fully saturated rings. The Morgan fingerprint density at radius 1 is 1.23 bits per heavy atom. The number of benzene rings is 1. The van der Waals surface area contributed by atoms with Crippen LogP contribution in [0.4, 0.5) is 17.6 Å². The topological polar surface area (TPSA) is 0 Å². The van der Waals surface area contributed by atoms with Crippen molar-refractivity contribution in [1.82, 2.24) is 0 Å². The number of hydrogen-bond acceptors (Lipinski definition) is 0. The molecule has 0 N–H and O–H groups in total. The van der Waals surface area contributed by atoms with E-state index in [2.05, 4.69) is 15.9 Å². The molecule has 0 amide bonds. The molecule has 0 aliphatic heterocycles. The van der Waals surface area contributed by atoms with E-state index in [4.69, 9.17) is 11.6 Å². The lowest BCUT2D eigenvalue weighted by Gasteiger charge is -2.09. The number of hydrogen-bond donors (Lipinski definition) is 0. The zero-order chi connectivity index (χ0) is 10.2. The third-order valence-electron chi connectivity index (χ3n) is 1.30. The molecule has 0 nitrogen and oxygen atoms in total. The highest BCUT2D eigenvalue weighted by molar-refractivity contribution is 9.10. The van der Waals surface area contributed by atoms with Gasteiger partial charge in [-0.2, -0.15) is 13.2 Å².